The highest BCUT2D eigenvalue weighted by atomic mass is 16.1. The number of anilines is 1. The highest BCUT2D eigenvalue weighted by Crippen LogP contribution is 2.25. The molecule has 0 unspecified atom stereocenters. The molecule has 1 aromatic heterocycles. The number of nitrogens with zero attached hydrogens (tertiary/aromatic N) is 2. The van der Waals surface area contributed by atoms with Crippen molar-refractivity contribution in [2.75, 3.05) is 11.9 Å². The Labute approximate surface area is 88.3 Å². The molecule has 0 saturated heterocycles. The Morgan fingerprint density at radius 1 is 1.67 bits per heavy atom. The Morgan fingerprint density at radius 2 is 2.40 bits per heavy atom. The van der Waals surface area contributed by atoms with Crippen LogP contribution >= 0.6 is 0 Å². The van der Waals surface area contributed by atoms with Gasteiger partial charge >= 0.3 is 0 Å². The van der Waals surface area contributed by atoms with Gasteiger partial charge in [0, 0.05) is 32.0 Å². The first-order valence-corrected chi connectivity index (χ1v) is 5.18. The lowest BCUT2D eigenvalue weighted by Crippen LogP contribution is -2.40. The molecule has 1 aliphatic rings. The van der Waals surface area contributed by atoms with Crippen LogP contribution in [0.1, 0.15) is 12.8 Å². The van der Waals surface area contributed by atoms with Crippen molar-refractivity contribution in [2.24, 2.45) is 18.7 Å². The predicted molar refractivity (Wildman–Crippen MR) is 58.7 cm³/mol. The topological polar surface area (TPSA) is 72.9 Å². The van der Waals surface area contributed by atoms with Crippen LogP contribution in [0.5, 0.6) is 0 Å². The maximum atomic E-state index is 11.6. The fraction of sp³-hybridized carbons (Fsp3) is 0.600. The van der Waals surface area contributed by atoms with E-state index in [1.807, 2.05) is 0 Å². The van der Waals surface area contributed by atoms with Crippen LogP contribution < -0.4 is 16.6 Å². The summed E-state index contributed by atoms with van der Waals surface area (Å²) >= 11 is 0. The largest absolute Gasteiger partial charge is 0.365 e. The molecule has 5 heteroatoms. The summed E-state index contributed by atoms with van der Waals surface area (Å²) < 4.78 is 1.52. The van der Waals surface area contributed by atoms with E-state index in [2.05, 4.69) is 10.3 Å². The molecule has 0 amide bonds. The number of hydrogen-bond donors (Lipinski definition) is 2. The molecule has 5 nitrogen and oxygen atoms in total. The Hall–Kier alpha value is -1.36. The first-order valence-electron chi connectivity index (χ1n) is 5.18. The van der Waals surface area contributed by atoms with Crippen LogP contribution in [-0.4, -0.2) is 22.1 Å². The molecule has 0 aromatic carbocycles. The summed E-state index contributed by atoms with van der Waals surface area (Å²) in [4.78, 5) is 15.6. The summed E-state index contributed by atoms with van der Waals surface area (Å²) in [5, 5.41) is 3.08. The molecule has 0 radical (unpaired) electrons. The summed E-state index contributed by atoms with van der Waals surface area (Å²) in [7, 11) is 1.72. The van der Waals surface area contributed by atoms with E-state index in [0.717, 1.165) is 19.4 Å². The van der Waals surface area contributed by atoms with Crippen molar-refractivity contribution < 1.29 is 0 Å². The summed E-state index contributed by atoms with van der Waals surface area (Å²) in [6.07, 6.45) is 5.35. The maximum absolute atomic E-state index is 11.6. The van der Waals surface area contributed by atoms with Crippen LogP contribution in [0.3, 0.4) is 0 Å². The molecule has 82 valence electrons. The van der Waals surface area contributed by atoms with Gasteiger partial charge in [0.25, 0.3) is 5.56 Å². The Kier molecular flexibility index (Phi) is 2.73. The zero-order chi connectivity index (χ0) is 10.8. The first kappa shape index (κ1) is 10.2. The number of nitrogens with one attached hydrogen (secondary N) is 1. The Morgan fingerprint density at radius 3 is 3.07 bits per heavy atom. The fourth-order valence-corrected chi connectivity index (χ4v) is 1.81. The molecule has 1 aromatic rings. The third-order valence-electron chi connectivity index (χ3n) is 2.85. The molecule has 15 heavy (non-hydrogen) atoms. The molecule has 1 fully saturated rings. The molecule has 3 N–H and O–H groups in total. The van der Waals surface area contributed by atoms with E-state index < -0.39 is 0 Å². The zero-order valence-corrected chi connectivity index (χ0v) is 8.81. The highest BCUT2D eigenvalue weighted by molar-refractivity contribution is 5.30. The van der Waals surface area contributed by atoms with Crippen molar-refractivity contribution in [3.05, 3.63) is 22.7 Å². The quantitative estimate of drug-likeness (QED) is 0.729. The van der Waals surface area contributed by atoms with E-state index in [9.17, 15) is 4.79 Å². The first-order chi connectivity index (χ1) is 7.16. The van der Waals surface area contributed by atoms with Crippen LogP contribution in [0, 0.1) is 5.92 Å². The van der Waals surface area contributed by atoms with Crippen molar-refractivity contribution in [2.45, 2.75) is 18.9 Å². The second-order valence-electron chi connectivity index (χ2n) is 4.17. The molecule has 0 atom stereocenters. The van der Waals surface area contributed by atoms with Crippen LogP contribution in [-0.2, 0) is 7.05 Å². The van der Waals surface area contributed by atoms with E-state index in [1.54, 1.807) is 19.4 Å². The number of hydrogen-bond acceptors (Lipinski definition) is 4. The minimum Gasteiger partial charge on any atom is -0.365 e. The number of aromatic nitrogens is 2. The van der Waals surface area contributed by atoms with Gasteiger partial charge in [0.05, 0.1) is 0 Å². The van der Waals surface area contributed by atoms with E-state index >= 15 is 0 Å². The Balaban J connectivity index is 1.94. The third-order valence-corrected chi connectivity index (χ3v) is 2.85. The van der Waals surface area contributed by atoms with Gasteiger partial charge in [-0.2, -0.15) is 0 Å². The van der Waals surface area contributed by atoms with E-state index in [1.165, 1.54) is 4.57 Å². The average Bonchev–Trinajstić information content (AvgIpc) is 2.17. The second kappa shape index (κ2) is 4.02. The van der Waals surface area contributed by atoms with Crippen molar-refractivity contribution in [1.29, 1.82) is 0 Å². The van der Waals surface area contributed by atoms with Gasteiger partial charge in [0.2, 0.25) is 0 Å². The molecular formula is C10H16N4O. The number of rotatable bonds is 3. The summed E-state index contributed by atoms with van der Waals surface area (Å²) in [6, 6.07) is 0.350. The average molecular weight is 208 g/mol. The summed E-state index contributed by atoms with van der Waals surface area (Å²) in [5.74, 6) is 1.02. The smallest absolute Gasteiger partial charge is 0.293 e. The van der Waals surface area contributed by atoms with Gasteiger partial charge in [-0.3, -0.25) is 4.79 Å². The van der Waals surface area contributed by atoms with Gasteiger partial charge in [0.15, 0.2) is 5.82 Å². The molecule has 2 rings (SSSR count). The fourth-order valence-electron chi connectivity index (χ4n) is 1.81. The second-order valence-corrected chi connectivity index (χ2v) is 4.17. The number of aryl methyl sites for hydroxylation is 1. The monoisotopic (exact) mass is 208 g/mol. The lowest BCUT2D eigenvalue weighted by molar-refractivity contribution is 0.280. The van der Waals surface area contributed by atoms with Gasteiger partial charge in [-0.25, -0.2) is 4.98 Å². The zero-order valence-electron chi connectivity index (χ0n) is 8.81. The lowest BCUT2D eigenvalue weighted by atomic mass is 9.81. The van der Waals surface area contributed by atoms with Crippen LogP contribution in [0.4, 0.5) is 5.82 Å². The predicted octanol–water partition coefficient (Wildman–Crippen LogP) is -0.0705. The standard InChI is InChI=1S/C10H16N4O/c1-14-3-2-12-9(10(14)15)13-6-7-4-8(11)5-7/h2-3,7-8H,4-6,11H2,1H3,(H,12,13). The Bertz CT molecular complexity index is 395. The summed E-state index contributed by atoms with van der Waals surface area (Å²) in [5.41, 5.74) is 5.60. The summed E-state index contributed by atoms with van der Waals surface area (Å²) in [6.45, 7) is 0.792. The lowest BCUT2D eigenvalue weighted by Gasteiger charge is -2.32. The van der Waals surface area contributed by atoms with E-state index in [0.29, 0.717) is 17.8 Å². The van der Waals surface area contributed by atoms with Crippen molar-refractivity contribution in [1.82, 2.24) is 9.55 Å². The number of nitrogens with two attached hydrogens (primary N) is 1. The molecule has 1 heterocycles. The van der Waals surface area contributed by atoms with E-state index in [4.69, 9.17) is 5.73 Å². The minimum atomic E-state index is -0.0823. The van der Waals surface area contributed by atoms with Gasteiger partial charge in [-0.15, -0.1) is 0 Å². The molecule has 0 aliphatic heterocycles. The molecule has 1 saturated carbocycles. The van der Waals surface area contributed by atoms with Crippen LogP contribution in [0.2, 0.25) is 0 Å². The maximum Gasteiger partial charge on any atom is 0.293 e. The highest BCUT2D eigenvalue weighted by Gasteiger charge is 2.25. The van der Waals surface area contributed by atoms with Crippen LogP contribution in [0.15, 0.2) is 17.2 Å². The molecule has 0 spiro atoms. The molecule has 1 aliphatic carbocycles. The minimum absolute atomic E-state index is 0.0823. The van der Waals surface area contributed by atoms with Gasteiger partial charge in [-0.1, -0.05) is 0 Å². The van der Waals surface area contributed by atoms with Gasteiger partial charge in [-0.05, 0) is 18.8 Å². The van der Waals surface area contributed by atoms with Crippen LogP contribution in [0.25, 0.3) is 0 Å². The third kappa shape index (κ3) is 2.18. The SMILES string of the molecule is Cn1ccnc(NCC2CC(N)C2)c1=O. The van der Waals surface area contributed by atoms with Crippen molar-refractivity contribution in [3.8, 4) is 0 Å². The normalized spacial score (nSPS) is 24.7. The van der Waals surface area contributed by atoms with Crippen molar-refractivity contribution >= 4 is 5.82 Å². The van der Waals surface area contributed by atoms with Gasteiger partial charge in [0.1, 0.15) is 0 Å². The van der Waals surface area contributed by atoms with Crippen molar-refractivity contribution in [3.63, 3.8) is 0 Å². The van der Waals surface area contributed by atoms with E-state index in [-0.39, 0.29) is 5.56 Å². The molecular weight excluding hydrogens is 192 g/mol. The van der Waals surface area contributed by atoms with Gasteiger partial charge < -0.3 is 15.6 Å². The molecule has 0 bridgehead atoms.